The van der Waals surface area contributed by atoms with Gasteiger partial charge in [-0.25, -0.2) is 0 Å². The van der Waals surface area contributed by atoms with Gasteiger partial charge in [-0.3, -0.25) is 14.4 Å². The number of Topliss-reactive ketones (excluding diaryl/α,β-unsaturated/α-hetero) is 3. The largest absolute Gasteiger partial charge is 0.299 e. The molecule has 0 amide bonds. The van der Waals surface area contributed by atoms with Crippen molar-refractivity contribution < 1.29 is 14.4 Å². The van der Waals surface area contributed by atoms with Gasteiger partial charge >= 0.3 is 0 Å². The van der Waals surface area contributed by atoms with Gasteiger partial charge in [0.1, 0.15) is 22.8 Å². The van der Waals surface area contributed by atoms with Crippen LogP contribution in [0.2, 0.25) is 0 Å². The van der Waals surface area contributed by atoms with E-state index in [1.807, 2.05) is 6.92 Å². The molecule has 0 aliphatic heterocycles. The van der Waals surface area contributed by atoms with Gasteiger partial charge in [0.25, 0.3) is 0 Å². The molecule has 0 heterocycles. The van der Waals surface area contributed by atoms with Crippen LogP contribution in [0.15, 0.2) is 5.11 Å². The Hall–Kier alpha value is -1.68. The zero-order chi connectivity index (χ0) is 16.0. The first-order valence-electron chi connectivity index (χ1n) is 8.10. The first-order valence-corrected chi connectivity index (χ1v) is 8.10. The average Bonchev–Trinajstić information content (AvgIpc) is 2.89. The van der Waals surface area contributed by atoms with Crippen molar-refractivity contribution in [1.82, 2.24) is 0 Å². The van der Waals surface area contributed by atoms with Crippen molar-refractivity contribution in [2.45, 2.75) is 51.9 Å². The van der Waals surface area contributed by atoms with Gasteiger partial charge < -0.3 is 0 Å². The van der Waals surface area contributed by atoms with Gasteiger partial charge in [0.15, 0.2) is 0 Å². The van der Waals surface area contributed by atoms with Gasteiger partial charge in [0.05, 0.1) is 5.41 Å². The lowest BCUT2D eigenvalue weighted by molar-refractivity contribution is -0.152. The van der Waals surface area contributed by atoms with E-state index in [1.54, 1.807) is 0 Å². The third-order valence-corrected chi connectivity index (χ3v) is 6.18. The summed E-state index contributed by atoms with van der Waals surface area (Å²) >= 11 is 0. The molecule has 22 heavy (non-hydrogen) atoms. The molecule has 1 unspecified atom stereocenters. The molecule has 0 radical (unpaired) electrons. The maximum atomic E-state index is 12.9. The first kappa shape index (κ1) is 15.2. The normalized spacial score (nSPS) is 40.3. The fourth-order valence-electron chi connectivity index (χ4n) is 5.43. The Labute approximate surface area is 129 Å². The molecule has 6 heteroatoms. The highest BCUT2D eigenvalue weighted by Gasteiger charge is 2.74. The summed E-state index contributed by atoms with van der Waals surface area (Å²) in [6.07, 6.45) is 3.43. The maximum Gasteiger partial charge on any atom is 0.147 e. The third kappa shape index (κ3) is 1.73. The molecular formula is C16H21N3O3. The molecule has 0 bridgehead atoms. The second-order valence-corrected chi connectivity index (χ2v) is 7.15. The highest BCUT2D eigenvalue weighted by molar-refractivity contribution is 6.16. The number of carbonyl (C=O) groups is 3. The molecule has 0 aromatic heterocycles. The minimum Gasteiger partial charge on any atom is -0.299 e. The first-order chi connectivity index (χ1) is 10.5. The van der Waals surface area contributed by atoms with Crippen molar-refractivity contribution in [3.05, 3.63) is 10.4 Å². The Kier molecular flexibility index (Phi) is 3.60. The zero-order valence-corrected chi connectivity index (χ0v) is 12.9. The van der Waals surface area contributed by atoms with E-state index in [-0.39, 0.29) is 29.8 Å². The van der Waals surface area contributed by atoms with Gasteiger partial charge in [0.2, 0.25) is 0 Å². The van der Waals surface area contributed by atoms with E-state index < -0.39 is 10.8 Å². The molecule has 4 atom stereocenters. The highest BCUT2D eigenvalue weighted by Crippen LogP contribution is 2.67. The topological polar surface area (TPSA) is 100.0 Å². The monoisotopic (exact) mass is 303 g/mol. The third-order valence-electron chi connectivity index (χ3n) is 6.18. The minimum atomic E-state index is -1.11. The molecule has 0 aromatic rings. The molecule has 3 rings (SSSR count). The van der Waals surface area contributed by atoms with Crippen LogP contribution in [0.3, 0.4) is 0 Å². The summed E-state index contributed by atoms with van der Waals surface area (Å²) in [5.41, 5.74) is 6.52. The predicted octanol–water partition coefficient (Wildman–Crippen LogP) is 3.00. The molecule has 3 saturated carbocycles. The second-order valence-electron chi connectivity index (χ2n) is 7.15. The Morgan fingerprint density at radius 3 is 2.73 bits per heavy atom. The van der Waals surface area contributed by atoms with Crippen LogP contribution in [0.4, 0.5) is 0 Å². The van der Waals surface area contributed by atoms with Crippen LogP contribution in [0.5, 0.6) is 0 Å². The zero-order valence-electron chi connectivity index (χ0n) is 12.9. The van der Waals surface area contributed by atoms with Crippen LogP contribution < -0.4 is 0 Å². The molecule has 0 saturated heterocycles. The molecule has 1 spiro atoms. The number of hydrogen-bond donors (Lipinski definition) is 0. The van der Waals surface area contributed by atoms with E-state index >= 15 is 0 Å². The number of azide groups is 1. The molecular weight excluding hydrogens is 282 g/mol. The lowest BCUT2D eigenvalue weighted by Gasteiger charge is -2.44. The smallest absolute Gasteiger partial charge is 0.147 e. The maximum absolute atomic E-state index is 12.9. The fourth-order valence-corrected chi connectivity index (χ4v) is 5.43. The van der Waals surface area contributed by atoms with E-state index in [4.69, 9.17) is 5.53 Å². The molecule has 6 nitrogen and oxygen atoms in total. The lowest BCUT2D eigenvalue weighted by Crippen LogP contribution is -2.52. The van der Waals surface area contributed by atoms with Crippen LogP contribution in [0.1, 0.15) is 51.9 Å². The molecule has 0 aromatic carbocycles. The quantitative estimate of drug-likeness (QED) is 0.262. The molecule has 3 aliphatic carbocycles. The van der Waals surface area contributed by atoms with E-state index in [1.165, 1.54) is 0 Å². The van der Waals surface area contributed by atoms with E-state index in [0.29, 0.717) is 44.4 Å². The summed E-state index contributed by atoms with van der Waals surface area (Å²) in [5, 5.41) is 3.50. The number of hydrogen-bond acceptors (Lipinski definition) is 4. The molecule has 118 valence electrons. The van der Waals surface area contributed by atoms with E-state index in [9.17, 15) is 14.4 Å². The minimum absolute atomic E-state index is 0.0298. The number of ketones is 3. The number of rotatable bonds is 4. The standard InChI is InChI=1S/C16H21N3O3/c1-10-7-11-9-14(22)16(4-2-6-18-19-17)12(20)3-5-15(11,16)13(21)8-10/h10-11H,2-9H2,1H3/t10?,11-,15+,16-/m1/s1. The average molecular weight is 303 g/mol. The molecule has 3 fully saturated rings. The summed E-state index contributed by atoms with van der Waals surface area (Å²) in [6.45, 7) is 2.32. The summed E-state index contributed by atoms with van der Waals surface area (Å²) in [6, 6.07) is 0. The highest BCUT2D eigenvalue weighted by atomic mass is 16.2. The van der Waals surface area contributed by atoms with Crippen LogP contribution >= 0.6 is 0 Å². The van der Waals surface area contributed by atoms with E-state index in [0.717, 1.165) is 6.42 Å². The van der Waals surface area contributed by atoms with Crippen LogP contribution in [-0.2, 0) is 14.4 Å². The van der Waals surface area contributed by atoms with Gasteiger partial charge in [-0.1, -0.05) is 12.0 Å². The summed E-state index contributed by atoms with van der Waals surface area (Å²) in [4.78, 5) is 41.0. The Morgan fingerprint density at radius 2 is 2.00 bits per heavy atom. The molecule has 3 aliphatic rings. The van der Waals surface area contributed by atoms with Crippen LogP contribution in [0, 0.1) is 22.7 Å². The van der Waals surface area contributed by atoms with Crippen molar-refractivity contribution in [1.29, 1.82) is 0 Å². The summed E-state index contributed by atoms with van der Waals surface area (Å²) in [7, 11) is 0. The Balaban J connectivity index is 2.00. The number of carbonyl (C=O) groups excluding carboxylic acids is 3. The van der Waals surface area contributed by atoms with Crippen molar-refractivity contribution in [2.75, 3.05) is 6.54 Å². The van der Waals surface area contributed by atoms with Gasteiger partial charge in [-0.15, -0.1) is 0 Å². The SMILES string of the molecule is CC1CC(=O)[C@@]23CCC(=O)[C@]2(CCCN=[N+]=[N-])C(=O)C[C@H]3C1. The Morgan fingerprint density at radius 1 is 1.23 bits per heavy atom. The van der Waals surface area contributed by atoms with Gasteiger partial charge in [-0.2, -0.15) is 0 Å². The van der Waals surface area contributed by atoms with Crippen molar-refractivity contribution in [3.63, 3.8) is 0 Å². The van der Waals surface area contributed by atoms with Crippen LogP contribution in [0.25, 0.3) is 10.4 Å². The van der Waals surface area contributed by atoms with E-state index in [2.05, 4.69) is 10.0 Å². The Bertz CT molecular complexity index is 595. The van der Waals surface area contributed by atoms with Crippen LogP contribution in [-0.4, -0.2) is 23.9 Å². The predicted molar refractivity (Wildman–Crippen MR) is 78.9 cm³/mol. The van der Waals surface area contributed by atoms with Gasteiger partial charge in [-0.05, 0) is 43.1 Å². The molecule has 0 N–H and O–H groups in total. The second kappa shape index (κ2) is 5.20. The van der Waals surface area contributed by atoms with Crippen molar-refractivity contribution >= 4 is 17.3 Å². The summed E-state index contributed by atoms with van der Waals surface area (Å²) in [5.74, 6) is 0.358. The van der Waals surface area contributed by atoms with Crippen molar-refractivity contribution in [3.8, 4) is 0 Å². The fraction of sp³-hybridized carbons (Fsp3) is 0.812. The van der Waals surface area contributed by atoms with Crippen molar-refractivity contribution in [2.24, 2.45) is 27.8 Å². The van der Waals surface area contributed by atoms with Gasteiger partial charge in [0, 0.05) is 30.7 Å². The lowest BCUT2D eigenvalue weighted by atomic mass is 9.55. The summed E-state index contributed by atoms with van der Waals surface area (Å²) < 4.78 is 0. The number of nitrogens with zero attached hydrogens (tertiary/aromatic N) is 3.